The number of hydrogen-bond donors (Lipinski definition) is 2. The van der Waals surface area contributed by atoms with Crippen LogP contribution >= 0.6 is 7.82 Å². The predicted octanol–water partition coefficient (Wildman–Crippen LogP) is 17.7. The highest BCUT2D eigenvalue weighted by atomic mass is 31.2. The van der Waals surface area contributed by atoms with Gasteiger partial charge >= 0.3 is 13.8 Å². The number of rotatable bonds is 53. The lowest BCUT2D eigenvalue weighted by molar-refractivity contribution is -0.870. The van der Waals surface area contributed by atoms with Crippen molar-refractivity contribution in [3.05, 3.63) is 48.6 Å². The van der Waals surface area contributed by atoms with E-state index in [1.165, 1.54) is 148 Å². The van der Waals surface area contributed by atoms with E-state index in [0.29, 0.717) is 23.9 Å². The molecule has 0 fully saturated rings. The van der Waals surface area contributed by atoms with Crippen LogP contribution in [0.5, 0.6) is 0 Å². The first-order valence-electron chi connectivity index (χ1n) is 29.5. The second-order valence-corrected chi connectivity index (χ2v) is 22.6. The SMILES string of the molecule is CC/C=C/C/C=C/C/C=C/CCCCCCC(=O)OC(/C=C/CCCCCCCCCCCCC)C(COP(=O)(O)OCC[N+](C)(C)C)NC(=O)CCCCCCCCCCCCCCCCCCC. The van der Waals surface area contributed by atoms with Gasteiger partial charge in [-0.15, -0.1) is 0 Å². The van der Waals surface area contributed by atoms with E-state index >= 15 is 0 Å². The Balaban J connectivity index is 5.35. The summed E-state index contributed by atoms with van der Waals surface area (Å²) in [5.74, 6) is -0.522. The number of hydrogen-bond acceptors (Lipinski definition) is 6. The third-order valence-electron chi connectivity index (χ3n) is 13.0. The Morgan fingerprint density at radius 2 is 0.914 bits per heavy atom. The number of allylic oxidation sites excluding steroid dienone is 7. The van der Waals surface area contributed by atoms with E-state index in [-0.39, 0.29) is 31.5 Å². The molecule has 9 nitrogen and oxygen atoms in total. The zero-order valence-corrected chi connectivity index (χ0v) is 47.7. The molecule has 2 N–H and O–H groups in total. The van der Waals surface area contributed by atoms with Crippen LogP contribution < -0.4 is 5.32 Å². The molecule has 1 amide bonds. The molecule has 0 aromatic heterocycles. The number of esters is 1. The number of phosphoric acid groups is 1. The summed E-state index contributed by atoms with van der Waals surface area (Å²) in [4.78, 5) is 37.6. The monoisotopic (exact) mass is 1010 g/mol. The zero-order valence-electron chi connectivity index (χ0n) is 46.8. The van der Waals surface area contributed by atoms with Gasteiger partial charge in [0.25, 0.3) is 0 Å². The molecule has 0 spiro atoms. The zero-order chi connectivity index (χ0) is 51.5. The second-order valence-electron chi connectivity index (χ2n) is 21.1. The molecule has 0 aliphatic heterocycles. The van der Waals surface area contributed by atoms with Gasteiger partial charge in [-0.05, 0) is 63.9 Å². The van der Waals surface area contributed by atoms with Crippen LogP contribution in [-0.4, -0.2) is 74.3 Å². The molecule has 0 bridgehead atoms. The molecule has 0 saturated heterocycles. The Labute approximate surface area is 433 Å². The first kappa shape index (κ1) is 68.0. The van der Waals surface area contributed by atoms with Crippen molar-refractivity contribution in [3.8, 4) is 0 Å². The van der Waals surface area contributed by atoms with Crippen LogP contribution in [0.25, 0.3) is 0 Å². The minimum absolute atomic E-state index is 0.0374. The van der Waals surface area contributed by atoms with Crippen molar-refractivity contribution in [2.45, 2.75) is 283 Å². The number of unbranched alkanes of at least 4 members (excludes halogenated alkanes) is 31. The normalized spacial score (nSPS) is 14.1. The fraction of sp³-hybridized carbons (Fsp3) is 0.833. The first-order chi connectivity index (χ1) is 33.9. The fourth-order valence-electron chi connectivity index (χ4n) is 8.48. The number of phosphoric ester groups is 1. The maximum absolute atomic E-state index is 13.5. The van der Waals surface area contributed by atoms with E-state index < -0.39 is 20.0 Å². The smallest absolute Gasteiger partial charge is 0.456 e. The van der Waals surface area contributed by atoms with Crippen molar-refractivity contribution < 1.29 is 37.3 Å². The maximum Gasteiger partial charge on any atom is 0.472 e. The molecule has 0 saturated carbocycles. The van der Waals surface area contributed by atoms with Crippen molar-refractivity contribution in [1.29, 1.82) is 0 Å². The fourth-order valence-corrected chi connectivity index (χ4v) is 9.22. The summed E-state index contributed by atoms with van der Waals surface area (Å²) < 4.78 is 30.6. The van der Waals surface area contributed by atoms with Crippen molar-refractivity contribution in [2.24, 2.45) is 0 Å². The molecular weight excluding hydrogens is 892 g/mol. The van der Waals surface area contributed by atoms with Gasteiger partial charge in [0.05, 0.1) is 33.8 Å². The molecule has 3 unspecified atom stereocenters. The molecule has 0 aromatic rings. The summed E-state index contributed by atoms with van der Waals surface area (Å²) in [6.45, 7) is 6.90. The Kier molecular flexibility index (Phi) is 49.0. The van der Waals surface area contributed by atoms with Gasteiger partial charge in [-0.2, -0.15) is 0 Å². The standard InChI is InChI=1S/C60H113N2O7P/c1-7-10-13-16-19-22-25-28-30-31-32-34-37-40-43-46-49-52-59(63)61-57(56-68-70(65,66)67-55-54-62(4,5)6)58(51-48-45-42-39-36-33-27-24-21-18-15-12-9-3)69-60(64)53-50-47-44-41-38-35-29-26-23-20-17-14-11-8-2/h11,14,20,23,29,35,48,51,57-58H,7-10,12-13,15-19,21-22,24-28,30-34,36-47,49-50,52-56H2,1-6H3,(H-,61,63,65,66)/p+1/b14-11+,23-20+,35-29+,51-48+. The number of likely N-dealkylation sites (N-methyl/N-ethyl adjacent to an activating group) is 1. The summed E-state index contributed by atoms with van der Waals surface area (Å²) in [5.41, 5.74) is 0. The summed E-state index contributed by atoms with van der Waals surface area (Å²) in [6.07, 6.45) is 61.0. The van der Waals surface area contributed by atoms with E-state index in [0.717, 1.165) is 83.5 Å². The number of nitrogens with one attached hydrogen (secondary N) is 1. The van der Waals surface area contributed by atoms with Crippen molar-refractivity contribution in [2.75, 3.05) is 40.9 Å². The third-order valence-corrected chi connectivity index (χ3v) is 14.0. The number of nitrogens with zero attached hydrogens (tertiary/aromatic N) is 1. The van der Waals surface area contributed by atoms with Crippen LogP contribution in [0.4, 0.5) is 0 Å². The van der Waals surface area contributed by atoms with Gasteiger partial charge in [0.1, 0.15) is 19.3 Å². The summed E-state index contributed by atoms with van der Waals surface area (Å²) >= 11 is 0. The van der Waals surface area contributed by atoms with Gasteiger partial charge in [-0.25, -0.2) is 4.57 Å². The lowest BCUT2D eigenvalue weighted by Crippen LogP contribution is -2.47. The number of ether oxygens (including phenoxy) is 1. The molecule has 0 aromatic carbocycles. The van der Waals surface area contributed by atoms with Gasteiger partial charge in [-0.1, -0.05) is 243 Å². The third kappa shape index (κ3) is 50.9. The molecule has 70 heavy (non-hydrogen) atoms. The highest BCUT2D eigenvalue weighted by molar-refractivity contribution is 7.47. The predicted molar refractivity (Wildman–Crippen MR) is 300 cm³/mol. The van der Waals surface area contributed by atoms with Gasteiger partial charge in [0.2, 0.25) is 5.91 Å². The quantitative estimate of drug-likeness (QED) is 0.0205. The number of amides is 1. The van der Waals surface area contributed by atoms with Crippen LogP contribution in [0.15, 0.2) is 48.6 Å². The van der Waals surface area contributed by atoms with E-state index in [9.17, 15) is 19.0 Å². The van der Waals surface area contributed by atoms with E-state index in [4.69, 9.17) is 13.8 Å². The summed E-state index contributed by atoms with van der Waals surface area (Å²) in [7, 11) is 1.49. The largest absolute Gasteiger partial charge is 0.472 e. The minimum atomic E-state index is -4.45. The van der Waals surface area contributed by atoms with E-state index in [2.05, 4.69) is 62.5 Å². The van der Waals surface area contributed by atoms with Gasteiger partial charge in [0, 0.05) is 12.8 Å². The van der Waals surface area contributed by atoms with Crippen LogP contribution in [0.3, 0.4) is 0 Å². The van der Waals surface area contributed by atoms with Gasteiger partial charge in [0.15, 0.2) is 0 Å². The number of quaternary nitrogens is 1. The number of carbonyl (C=O) groups excluding carboxylic acids is 2. The van der Waals surface area contributed by atoms with Crippen LogP contribution in [0.2, 0.25) is 0 Å². The Morgan fingerprint density at radius 3 is 1.37 bits per heavy atom. The van der Waals surface area contributed by atoms with Crippen LogP contribution in [0, 0.1) is 0 Å². The molecule has 410 valence electrons. The molecule has 10 heteroatoms. The van der Waals surface area contributed by atoms with Crippen LogP contribution in [0.1, 0.15) is 271 Å². The average molecular weight is 1010 g/mol. The molecule has 0 heterocycles. The summed E-state index contributed by atoms with van der Waals surface area (Å²) in [6, 6.07) is -0.854. The van der Waals surface area contributed by atoms with Crippen LogP contribution in [-0.2, 0) is 27.9 Å². The van der Waals surface area contributed by atoms with Crippen molar-refractivity contribution in [1.82, 2.24) is 5.32 Å². The molecule has 3 atom stereocenters. The lowest BCUT2D eigenvalue weighted by Gasteiger charge is -2.27. The van der Waals surface area contributed by atoms with Gasteiger partial charge < -0.3 is 19.4 Å². The molecule has 0 aliphatic rings. The highest BCUT2D eigenvalue weighted by Gasteiger charge is 2.30. The highest BCUT2D eigenvalue weighted by Crippen LogP contribution is 2.43. The summed E-state index contributed by atoms with van der Waals surface area (Å²) in [5, 5.41) is 3.05. The van der Waals surface area contributed by atoms with Crippen molar-refractivity contribution in [3.63, 3.8) is 0 Å². The second kappa shape index (κ2) is 50.5. The topological polar surface area (TPSA) is 111 Å². The average Bonchev–Trinajstić information content (AvgIpc) is 3.32. The lowest BCUT2D eigenvalue weighted by atomic mass is 10.0. The number of carbonyl (C=O) groups is 2. The molecular formula is C60H114N2O7P+. The Hall–Kier alpha value is -2.03. The minimum Gasteiger partial charge on any atom is -0.456 e. The van der Waals surface area contributed by atoms with Crippen molar-refractivity contribution >= 4 is 19.7 Å². The van der Waals surface area contributed by atoms with E-state index in [1.807, 2.05) is 33.3 Å². The maximum atomic E-state index is 13.5. The Bertz CT molecular complexity index is 1340. The molecule has 0 radical (unpaired) electrons. The Morgan fingerprint density at radius 1 is 0.514 bits per heavy atom. The molecule has 0 rings (SSSR count). The first-order valence-corrected chi connectivity index (χ1v) is 31.0. The van der Waals surface area contributed by atoms with E-state index in [1.54, 1.807) is 0 Å². The van der Waals surface area contributed by atoms with Gasteiger partial charge in [-0.3, -0.25) is 18.6 Å². The molecule has 0 aliphatic carbocycles.